The van der Waals surface area contributed by atoms with Crippen LogP contribution in [0.15, 0.2) is 23.9 Å². The molecule has 1 aliphatic rings. The molecule has 80 valence electrons. The Morgan fingerprint density at radius 3 is 2.93 bits per heavy atom. The van der Waals surface area contributed by atoms with Crippen LogP contribution < -0.4 is 0 Å². The molecule has 0 amide bonds. The number of allylic oxidation sites excluding steroid dienone is 2. The third-order valence-electron chi connectivity index (χ3n) is 2.71. The minimum absolute atomic E-state index is 0.276. The first-order valence-electron chi connectivity index (χ1n) is 5.45. The predicted molar refractivity (Wildman–Crippen MR) is 58.5 cm³/mol. The third-order valence-corrected chi connectivity index (χ3v) is 2.71. The van der Waals surface area contributed by atoms with Crippen molar-refractivity contribution in [2.45, 2.75) is 32.1 Å². The van der Waals surface area contributed by atoms with E-state index in [2.05, 4.69) is 5.10 Å². The number of hydrogen-bond acceptors (Lipinski definition) is 2. The summed E-state index contributed by atoms with van der Waals surface area (Å²) in [6.07, 6.45) is 8.50. The number of aryl methyl sites for hydroxylation is 1. The van der Waals surface area contributed by atoms with Crippen LogP contribution in [0.5, 0.6) is 0 Å². The molecule has 15 heavy (non-hydrogen) atoms. The Bertz CT molecular complexity index is 390. The van der Waals surface area contributed by atoms with Gasteiger partial charge in [-0.05, 0) is 31.4 Å². The quantitative estimate of drug-likeness (QED) is 0.738. The molecular weight excluding hydrogens is 188 g/mol. The number of carbonyl (C=O) groups is 1. The molecule has 0 spiro atoms. The summed E-state index contributed by atoms with van der Waals surface area (Å²) in [6.45, 7) is 0. The van der Waals surface area contributed by atoms with Gasteiger partial charge in [-0.15, -0.1) is 0 Å². The molecular formula is C12H16N2O. The maximum atomic E-state index is 11.4. The molecule has 0 atom stereocenters. The van der Waals surface area contributed by atoms with E-state index in [1.54, 1.807) is 4.68 Å². The van der Waals surface area contributed by atoms with Crippen molar-refractivity contribution in [3.63, 3.8) is 0 Å². The molecule has 1 aromatic rings. The van der Waals surface area contributed by atoms with E-state index in [0.29, 0.717) is 6.42 Å². The monoisotopic (exact) mass is 204 g/mol. The van der Waals surface area contributed by atoms with Crippen molar-refractivity contribution in [2.75, 3.05) is 0 Å². The first kappa shape index (κ1) is 10.1. The summed E-state index contributed by atoms with van der Waals surface area (Å²) in [6, 6.07) is 2.01. The fourth-order valence-electron chi connectivity index (χ4n) is 1.95. The second kappa shape index (κ2) is 4.43. The van der Waals surface area contributed by atoms with E-state index in [-0.39, 0.29) is 5.78 Å². The zero-order chi connectivity index (χ0) is 10.7. The second-order valence-corrected chi connectivity index (χ2v) is 4.13. The SMILES string of the molecule is Cn1ccc(CC2=CC(=O)CCCC2)n1. The van der Waals surface area contributed by atoms with Crippen LogP contribution in [-0.2, 0) is 18.3 Å². The van der Waals surface area contributed by atoms with Gasteiger partial charge in [-0.2, -0.15) is 5.10 Å². The molecule has 2 rings (SSSR count). The molecule has 1 aromatic heterocycles. The molecule has 1 heterocycles. The summed E-state index contributed by atoms with van der Waals surface area (Å²) < 4.78 is 1.80. The van der Waals surface area contributed by atoms with Gasteiger partial charge in [-0.25, -0.2) is 0 Å². The maximum Gasteiger partial charge on any atom is 0.155 e. The van der Waals surface area contributed by atoms with Crippen LogP contribution in [0.4, 0.5) is 0 Å². The van der Waals surface area contributed by atoms with Crippen molar-refractivity contribution in [2.24, 2.45) is 7.05 Å². The van der Waals surface area contributed by atoms with Crippen LogP contribution in [0, 0.1) is 0 Å². The van der Waals surface area contributed by atoms with Crippen LogP contribution in [-0.4, -0.2) is 15.6 Å². The van der Waals surface area contributed by atoms with Gasteiger partial charge in [0.05, 0.1) is 5.69 Å². The van der Waals surface area contributed by atoms with Crippen molar-refractivity contribution in [3.8, 4) is 0 Å². The first-order chi connectivity index (χ1) is 7.24. The summed E-state index contributed by atoms with van der Waals surface area (Å²) in [5.74, 6) is 0.276. The van der Waals surface area contributed by atoms with Gasteiger partial charge in [0.1, 0.15) is 0 Å². The number of aromatic nitrogens is 2. The van der Waals surface area contributed by atoms with E-state index in [9.17, 15) is 4.79 Å². The number of rotatable bonds is 2. The largest absolute Gasteiger partial charge is 0.295 e. The number of carbonyl (C=O) groups excluding carboxylic acids is 1. The van der Waals surface area contributed by atoms with Gasteiger partial charge in [0.25, 0.3) is 0 Å². The molecule has 0 unspecified atom stereocenters. The smallest absolute Gasteiger partial charge is 0.155 e. The van der Waals surface area contributed by atoms with Crippen LogP contribution in [0.3, 0.4) is 0 Å². The molecule has 0 radical (unpaired) electrons. The number of nitrogens with zero attached hydrogens (tertiary/aromatic N) is 2. The Labute approximate surface area is 89.8 Å². The van der Waals surface area contributed by atoms with Crippen LogP contribution in [0.25, 0.3) is 0 Å². The van der Waals surface area contributed by atoms with Gasteiger partial charge in [0.2, 0.25) is 0 Å². The Morgan fingerprint density at radius 2 is 2.20 bits per heavy atom. The van der Waals surface area contributed by atoms with Crippen molar-refractivity contribution >= 4 is 5.78 Å². The highest BCUT2D eigenvalue weighted by molar-refractivity contribution is 5.90. The van der Waals surface area contributed by atoms with Crippen molar-refractivity contribution in [1.29, 1.82) is 0 Å². The molecule has 3 heteroatoms. The zero-order valence-electron chi connectivity index (χ0n) is 9.07. The molecule has 0 bridgehead atoms. The minimum atomic E-state index is 0.276. The highest BCUT2D eigenvalue weighted by Gasteiger charge is 2.09. The number of hydrogen-bond donors (Lipinski definition) is 0. The summed E-state index contributed by atoms with van der Waals surface area (Å²) >= 11 is 0. The molecule has 3 nitrogen and oxygen atoms in total. The lowest BCUT2D eigenvalue weighted by Crippen LogP contribution is -1.96. The van der Waals surface area contributed by atoms with E-state index in [0.717, 1.165) is 31.4 Å². The highest BCUT2D eigenvalue weighted by Crippen LogP contribution is 2.18. The predicted octanol–water partition coefficient (Wildman–Crippen LogP) is 2.03. The van der Waals surface area contributed by atoms with Crippen LogP contribution >= 0.6 is 0 Å². The lowest BCUT2D eigenvalue weighted by Gasteiger charge is -2.01. The summed E-state index contributed by atoms with van der Waals surface area (Å²) in [7, 11) is 1.91. The van der Waals surface area contributed by atoms with E-state index in [1.807, 2.05) is 25.4 Å². The molecule has 0 aromatic carbocycles. The van der Waals surface area contributed by atoms with E-state index < -0.39 is 0 Å². The van der Waals surface area contributed by atoms with Crippen molar-refractivity contribution in [3.05, 3.63) is 29.6 Å². The van der Waals surface area contributed by atoms with Crippen molar-refractivity contribution < 1.29 is 4.79 Å². The summed E-state index contributed by atoms with van der Waals surface area (Å²) in [4.78, 5) is 11.4. The standard InChI is InChI=1S/C12H16N2O/c1-14-7-6-11(13-14)8-10-4-2-3-5-12(15)9-10/h6-7,9H,2-5,8H2,1H3. The lowest BCUT2D eigenvalue weighted by atomic mass is 10.1. The Morgan fingerprint density at radius 1 is 1.40 bits per heavy atom. The fraction of sp³-hybridized carbons (Fsp3) is 0.500. The minimum Gasteiger partial charge on any atom is -0.295 e. The van der Waals surface area contributed by atoms with E-state index >= 15 is 0 Å². The zero-order valence-corrected chi connectivity index (χ0v) is 9.07. The highest BCUT2D eigenvalue weighted by atomic mass is 16.1. The third kappa shape index (κ3) is 2.78. The van der Waals surface area contributed by atoms with Gasteiger partial charge in [-0.3, -0.25) is 9.48 Å². The van der Waals surface area contributed by atoms with Gasteiger partial charge in [0, 0.05) is 26.1 Å². The molecule has 0 saturated carbocycles. The fourth-order valence-corrected chi connectivity index (χ4v) is 1.95. The maximum absolute atomic E-state index is 11.4. The molecule has 0 aliphatic heterocycles. The molecule has 0 fully saturated rings. The number of ketones is 1. The van der Waals surface area contributed by atoms with Gasteiger partial charge in [-0.1, -0.05) is 5.57 Å². The van der Waals surface area contributed by atoms with Gasteiger partial charge >= 0.3 is 0 Å². The second-order valence-electron chi connectivity index (χ2n) is 4.13. The normalized spacial score (nSPS) is 17.4. The van der Waals surface area contributed by atoms with Gasteiger partial charge in [0.15, 0.2) is 5.78 Å². The molecule has 1 aliphatic carbocycles. The van der Waals surface area contributed by atoms with Crippen molar-refractivity contribution in [1.82, 2.24) is 9.78 Å². The lowest BCUT2D eigenvalue weighted by molar-refractivity contribution is -0.114. The molecule has 0 saturated heterocycles. The van der Waals surface area contributed by atoms with Crippen LogP contribution in [0.2, 0.25) is 0 Å². The molecule has 0 N–H and O–H groups in total. The topological polar surface area (TPSA) is 34.9 Å². The van der Waals surface area contributed by atoms with Crippen LogP contribution in [0.1, 0.15) is 31.4 Å². The Balaban J connectivity index is 2.07. The Kier molecular flexibility index (Phi) is 2.99. The first-order valence-corrected chi connectivity index (χ1v) is 5.45. The summed E-state index contributed by atoms with van der Waals surface area (Å²) in [5, 5.41) is 4.32. The average molecular weight is 204 g/mol. The Hall–Kier alpha value is -1.38. The van der Waals surface area contributed by atoms with E-state index in [4.69, 9.17) is 0 Å². The van der Waals surface area contributed by atoms with E-state index in [1.165, 1.54) is 5.57 Å². The van der Waals surface area contributed by atoms with Gasteiger partial charge < -0.3 is 0 Å². The average Bonchev–Trinajstić information content (AvgIpc) is 2.46. The summed E-state index contributed by atoms with van der Waals surface area (Å²) in [5.41, 5.74) is 2.29.